The molecule has 7 nitrogen and oxygen atoms in total. The summed E-state index contributed by atoms with van der Waals surface area (Å²) in [7, 11) is 4.63. The van der Waals surface area contributed by atoms with Crippen molar-refractivity contribution >= 4 is 0 Å². The van der Waals surface area contributed by atoms with Gasteiger partial charge in [-0.3, -0.25) is 0 Å². The Morgan fingerprint density at radius 2 is 1.65 bits per heavy atom. The largest absolute Gasteiger partial charge is 0.493 e. The number of ether oxygens (including phenoxy) is 3. The van der Waals surface area contributed by atoms with Crippen LogP contribution in [-0.2, 0) is 0 Å². The molecule has 0 aliphatic heterocycles. The lowest BCUT2D eigenvalue weighted by Crippen LogP contribution is -2.04. The number of rotatable bonds is 5. The third-order valence-electron chi connectivity index (χ3n) is 2.74. The fraction of sp³-hybridized carbons (Fsp3) is 0.385. The van der Waals surface area contributed by atoms with Crippen LogP contribution in [0.4, 0.5) is 0 Å². The molecule has 1 aromatic carbocycles. The number of methoxy groups -OCH3 is 3. The molecule has 2 rings (SSSR count). The van der Waals surface area contributed by atoms with Crippen molar-refractivity contribution in [1.82, 2.24) is 10.2 Å². The van der Waals surface area contributed by atoms with Crippen LogP contribution in [0.15, 0.2) is 16.5 Å². The van der Waals surface area contributed by atoms with Crippen LogP contribution in [0.25, 0.3) is 11.5 Å². The summed E-state index contributed by atoms with van der Waals surface area (Å²) in [5.74, 6) is 2.25. The maximum absolute atomic E-state index is 5.70. The second kappa shape index (κ2) is 5.79. The Morgan fingerprint density at radius 1 is 1.05 bits per heavy atom. The number of aromatic nitrogens is 2. The Morgan fingerprint density at radius 3 is 2.05 bits per heavy atom. The Hall–Kier alpha value is -2.28. The smallest absolute Gasteiger partial charge is 0.248 e. The molecule has 2 aromatic rings. The van der Waals surface area contributed by atoms with E-state index in [0.717, 1.165) is 0 Å². The maximum atomic E-state index is 5.70. The Kier molecular flexibility index (Phi) is 4.09. The molecule has 0 radical (unpaired) electrons. The normalized spacial score (nSPS) is 12.1. The molecule has 0 bridgehead atoms. The van der Waals surface area contributed by atoms with Gasteiger partial charge in [0.1, 0.15) is 0 Å². The zero-order chi connectivity index (χ0) is 14.7. The number of benzene rings is 1. The molecule has 0 spiro atoms. The van der Waals surface area contributed by atoms with E-state index in [0.29, 0.717) is 34.6 Å². The van der Waals surface area contributed by atoms with Crippen LogP contribution in [0, 0.1) is 0 Å². The zero-order valence-corrected chi connectivity index (χ0v) is 11.8. The monoisotopic (exact) mass is 279 g/mol. The highest BCUT2D eigenvalue weighted by Crippen LogP contribution is 2.40. The molecular weight excluding hydrogens is 262 g/mol. The van der Waals surface area contributed by atoms with Gasteiger partial charge in [0.25, 0.3) is 0 Å². The van der Waals surface area contributed by atoms with Crippen LogP contribution < -0.4 is 19.9 Å². The van der Waals surface area contributed by atoms with Gasteiger partial charge in [0, 0.05) is 5.56 Å². The van der Waals surface area contributed by atoms with Crippen molar-refractivity contribution in [2.45, 2.75) is 13.0 Å². The minimum absolute atomic E-state index is 0.321. The molecule has 2 N–H and O–H groups in total. The lowest BCUT2D eigenvalue weighted by atomic mass is 10.2. The summed E-state index contributed by atoms with van der Waals surface area (Å²) in [4.78, 5) is 0. The summed E-state index contributed by atoms with van der Waals surface area (Å²) in [6.07, 6.45) is 0. The minimum atomic E-state index is -0.321. The quantitative estimate of drug-likeness (QED) is 0.891. The predicted octanol–water partition coefficient (Wildman–Crippen LogP) is 1.78. The van der Waals surface area contributed by atoms with E-state index in [-0.39, 0.29) is 6.04 Å². The second-order valence-corrected chi connectivity index (χ2v) is 4.15. The van der Waals surface area contributed by atoms with Gasteiger partial charge in [0.2, 0.25) is 17.5 Å². The molecule has 0 saturated carbocycles. The van der Waals surface area contributed by atoms with Crippen molar-refractivity contribution in [1.29, 1.82) is 0 Å². The van der Waals surface area contributed by atoms with Gasteiger partial charge >= 0.3 is 0 Å². The number of nitrogens with two attached hydrogens (primary N) is 1. The first-order valence-electron chi connectivity index (χ1n) is 6.00. The second-order valence-electron chi connectivity index (χ2n) is 4.15. The van der Waals surface area contributed by atoms with E-state index in [1.807, 2.05) is 0 Å². The summed E-state index contributed by atoms with van der Waals surface area (Å²) < 4.78 is 21.3. The van der Waals surface area contributed by atoms with E-state index in [9.17, 15) is 0 Å². The van der Waals surface area contributed by atoms with Crippen LogP contribution >= 0.6 is 0 Å². The van der Waals surface area contributed by atoms with Crippen LogP contribution in [0.3, 0.4) is 0 Å². The van der Waals surface area contributed by atoms with Gasteiger partial charge in [-0.15, -0.1) is 10.2 Å². The molecule has 0 aliphatic carbocycles. The first-order chi connectivity index (χ1) is 9.60. The Balaban J connectivity index is 2.50. The molecule has 1 unspecified atom stereocenters. The van der Waals surface area contributed by atoms with E-state index in [1.165, 1.54) is 0 Å². The highest BCUT2D eigenvalue weighted by atomic mass is 16.5. The highest BCUT2D eigenvalue weighted by molar-refractivity contribution is 5.65. The number of hydrogen-bond acceptors (Lipinski definition) is 7. The van der Waals surface area contributed by atoms with Crippen molar-refractivity contribution in [3.8, 4) is 28.7 Å². The first kappa shape index (κ1) is 14.1. The molecule has 1 heterocycles. The molecule has 20 heavy (non-hydrogen) atoms. The van der Waals surface area contributed by atoms with E-state index < -0.39 is 0 Å². The highest BCUT2D eigenvalue weighted by Gasteiger charge is 2.18. The van der Waals surface area contributed by atoms with E-state index in [1.54, 1.807) is 40.4 Å². The Labute approximate surface area is 116 Å². The van der Waals surface area contributed by atoms with Crippen molar-refractivity contribution in [3.63, 3.8) is 0 Å². The summed E-state index contributed by atoms with van der Waals surface area (Å²) in [5.41, 5.74) is 6.36. The van der Waals surface area contributed by atoms with Gasteiger partial charge in [0.05, 0.1) is 27.4 Å². The van der Waals surface area contributed by atoms with Gasteiger partial charge in [-0.1, -0.05) is 0 Å². The van der Waals surface area contributed by atoms with Gasteiger partial charge in [-0.25, -0.2) is 0 Å². The van der Waals surface area contributed by atoms with Crippen LogP contribution in [0.5, 0.6) is 17.2 Å². The van der Waals surface area contributed by atoms with E-state index in [2.05, 4.69) is 10.2 Å². The van der Waals surface area contributed by atoms with Gasteiger partial charge in [0.15, 0.2) is 11.5 Å². The lowest BCUT2D eigenvalue weighted by molar-refractivity contribution is 0.324. The molecule has 0 aliphatic rings. The average molecular weight is 279 g/mol. The number of nitrogens with zero attached hydrogens (tertiary/aromatic N) is 2. The lowest BCUT2D eigenvalue weighted by Gasteiger charge is -2.12. The van der Waals surface area contributed by atoms with Crippen LogP contribution in [0.1, 0.15) is 18.9 Å². The van der Waals surface area contributed by atoms with Crippen molar-refractivity contribution < 1.29 is 18.6 Å². The molecular formula is C13H17N3O4. The summed E-state index contributed by atoms with van der Waals surface area (Å²) >= 11 is 0. The number of hydrogen-bond donors (Lipinski definition) is 1. The molecule has 0 fully saturated rings. The van der Waals surface area contributed by atoms with Crippen molar-refractivity contribution in [2.75, 3.05) is 21.3 Å². The average Bonchev–Trinajstić information content (AvgIpc) is 2.95. The van der Waals surface area contributed by atoms with Gasteiger partial charge in [-0.05, 0) is 19.1 Å². The van der Waals surface area contributed by atoms with Crippen molar-refractivity contribution in [2.24, 2.45) is 5.73 Å². The van der Waals surface area contributed by atoms with Gasteiger partial charge < -0.3 is 24.4 Å². The van der Waals surface area contributed by atoms with Crippen molar-refractivity contribution in [3.05, 3.63) is 18.0 Å². The topological polar surface area (TPSA) is 92.6 Å². The maximum Gasteiger partial charge on any atom is 0.248 e. The first-order valence-corrected chi connectivity index (χ1v) is 6.00. The molecule has 108 valence electrons. The summed E-state index contributed by atoms with van der Waals surface area (Å²) in [5, 5.41) is 7.86. The van der Waals surface area contributed by atoms with Crippen LogP contribution in [-0.4, -0.2) is 31.5 Å². The van der Waals surface area contributed by atoms with Gasteiger partial charge in [-0.2, -0.15) is 0 Å². The molecule has 7 heteroatoms. The molecule has 0 saturated heterocycles. The minimum Gasteiger partial charge on any atom is -0.493 e. The fourth-order valence-electron chi connectivity index (χ4n) is 1.74. The predicted molar refractivity (Wildman–Crippen MR) is 72.0 cm³/mol. The molecule has 1 atom stereocenters. The van der Waals surface area contributed by atoms with E-state index in [4.69, 9.17) is 24.4 Å². The van der Waals surface area contributed by atoms with Crippen LogP contribution in [0.2, 0.25) is 0 Å². The Bertz CT molecular complexity index is 570. The molecule has 0 amide bonds. The summed E-state index contributed by atoms with van der Waals surface area (Å²) in [6, 6.07) is 3.15. The SMILES string of the molecule is COc1cc(-c2nnc(C(C)N)o2)cc(OC)c1OC. The standard InChI is InChI=1S/C13H17N3O4/c1-7(14)12-15-16-13(20-12)8-5-9(17-2)11(19-4)10(6-8)18-3/h5-7H,14H2,1-4H3. The van der Waals surface area contributed by atoms with E-state index >= 15 is 0 Å². The zero-order valence-electron chi connectivity index (χ0n) is 11.8. The summed E-state index contributed by atoms with van der Waals surface area (Å²) in [6.45, 7) is 1.77. The third-order valence-corrected chi connectivity index (χ3v) is 2.74. The fourth-order valence-corrected chi connectivity index (χ4v) is 1.74. The third kappa shape index (κ3) is 2.53. The molecule has 1 aromatic heterocycles.